The number of pyridine rings is 1. The number of hydrogen-bond donors (Lipinski definition) is 4. The van der Waals surface area contributed by atoms with E-state index in [9.17, 15) is 34.7 Å². The molecule has 18 heteroatoms. The molecule has 8 rings (SSSR count). The summed E-state index contributed by atoms with van der Waals surface area (Å²) in [5.41, 5.74) is 4.17. The molecule has 402 valence electrons. The summed E-state index contributed by atoms with van der Waals surface area (Å²) in [6.45, 7) is 21.7. The number of ether oxygens (including phenoxy) is 1. The Balaban J connectivity index is 0.763. The minimum Gasteiger partial charge on any atom is -0.489 e. The van der Waals surface area contributed by atoms with E-state index < -0.39 is 41.5 Å². The molecule has 4 aliphatic rings. The molecule has 0 spiro atoms. The number of aliphatic hydroxyl groups excluding tert-OH is 2. The van der Waals surface area contributed by atoms with Gasteiger partial charge in [0.25, 0.3) is 0 Å². The summed E-state index contributed by atoms with van der Waals surface area (Å²) in [7, 11) is 0. The maximum atomic E-state index is 14.3. The third-order valence-electron chi connectivity index (χ3n) is 16.3. The molecule has 1 aliphatic carbocycles. The summed E-state index contributed by atoms with van der Waals surface area (Å²) >= 11 is 7.82. The molecular formula is C57H74ClN9O7S. The number of nitrogens with one attached hydrogen (secondary N) is 2. The van der Waals surface area contributed by atoms with E-state index in [4.69, 9.17) is 21.3 Å². The molecule has 5 heterocycles. The van der Waals surface area contributed by atoms with Crippen LogP contribution in [0.1, 0.15) is 107 Å². The minimum atomic E-state index is -0.978. The van der Waals surface area contributed by atoms with Crippen molar-refractivity contribution in [3.8, 4) is 22.3 Å². The second-order valence-corrected chi connectivity index (χ2v) is 24.6. The number of aromatic nitrogens is 2. The van der Waals surface area contributed by atoms with Gasteiger partial charge >= 0.3 is 0 Å². The molecule has 4 N–H and O–H groups in total. The van der Waals surface area contributed by atoms with Gasteiger partial charge in [-0.25, -0.2) is 9.97 Å². The number of halogens is 1. The molecule has 2 aromatic carbocycles. The Morgan fingerprint density at radius 3 is 2.20 bits per heavy atom. The lowest BCUT2D eigenvalue weighted by molar-refractivity contribution is -0.196. The number of benzene rings is 2. The number of β-amino-alcohol motifs (C(OH)–C–C–N with tert-alkyl or cyclic N) is 1. The molecule has 3 amide bonds. The second-order valence-electron chi connectivity index (χ2n) is 23.4. The molecule has 2 aromatic heterocycles. The van der Waals surface area contributed by atoms with Crippen molar-refractivity contribution in [2.75, 3.05) is 70.4 Å². The number of thiazole rings is 1. The number of rotatable bonds is 17. The van der Waals surface area contributed by atoms with Gasteiger partial charge in [-0.3, -0.25) is 24.1 Å². The summed E-state index contributed by atoms with van der Waals surface area (Å²) < 4.78 is 6.43. The molecule has 0 bridgehead atoms. The third kappa shape index (κ3) is 12.5. The topological polar surface area (TPSA) is 205 Å². The van der Waals surface area contributed by atoms with E-state index >= 15 is 0 Å². The zero-order valence-corrected chi connectivity index (χ0v) is 46.2. The van der Waals surface area contributed by atoms with Crippen LogP contribution in [0.3, 0.4) is 0 Å². The summed E-state index contributed by atoms with van der Waals surface area (Å²) in [5.74, 6) is 0.980. The molecule has 3 aliphatic heterocycles. The van der Waals surface area contributed by atoms with Crippen LogP contribution in [0.15, 0.2) is 66.3 Å². The lowest BCUT2D eigenvalue weighted by atomic mass is 9.44. The Hall–Kier alpha value is -5.48. The van der Waals surface area contributed by atoms with Gasteiger partial charge in [0.15, 0.2) is 5.78 Å². The van der Waals surface area contributed by atoms with Gasteiger partial charge in [0.1, 0.15) is 35.8 Å². The van der Waals surface area contributed by atoms with E-state index in [1.54, 1.807) is 41.2 Å². The van der Waals surface area contributed by atoms with Crippen molar-refractivity contribution in [1.29, 1.82) is 5.26 Å². The Labute approximate surface area is 450 Å². The molecule has 3 saturated heterocycles. The van der Waals surface area contributed by atoms with Crippen LogP contribution in [0, 0.1) is 46.3 Å². The number of nitrogens with zero attached hydrogens (tertiary/aromatic N) is 7. The molecule has 4 atom stereocenters. The SMILES string of the molecule is Cc1ncsc1-c1ccc([C@H](CO)NC(=O)[C@@H]2C[C@@H](O)CN2C(=O)[C@@H](NC(=O)CN2CCN(CC3CCN(c4ccc(C(=O)CC5C(C)(C)C(Oc6ccc(C#N)c(Cl)c6)C5(C)C)cn4)CC3)CC2)C(C)(C)C)cc1. The number of ketones is 1. The van der Waals surface area contributed by atoms with Crippen LogP contribution in [0.4, 0.5) is 5.82 Å². The number of piperidine rings is 1. The lowest BCUT2D eigenvalue weighted by Crippen LogP contribution is -2.66. The fourth-order valence-corrected chi connectivity index (χ4v) is 13.2. The number of carbonyl (C=O) groups is 4. The molecule has 1 saturated carbocycles. The predicted molar refractivity (Wildman–Crippen MR) is 290 cm³/mol. The third-order valence-corrected chi connectivity index (χ3v) is 17.6. The first-order valence-corrected chi connectivity index (χ1v) is 27.6. The average molecular weight is 1060 g/mol. The number of anilines is 1. The first-order chi connectivity index (χ1) is 35.6. The smallest absolute Gasteiger partial charge is 0.246 e. The van der Waals surface area contributed by atoms with Crippen molar-refractivity contribution in [1.82, 2.24) is 35.3 Å². The van der Waals surface area contributed by atoms with Gasteiger partial charge in [-0.05, 0) is 72.4 Å². The molecule has 0 unspecified atom stereocenters. The van der Waals surface area contributed by atoms with E-state index in [0.717, 1.165) is 67.5 Å². The highest BCUT2D eigenvalue weighted by molar-refractivity contribution is 7.13. The van der Waals surface area contributed by atoms with Crippen molar-refractivity contribution in [2.45, 2.75) is 111 Å². The molecule has 4 aromatic rings. The fraction of sp³-hybridized carbons (Fsp3) is 0.561. The van der Waals surface area contributed by atoms with Crippen LogP contribution in [0.25, 0.3) is 10.4 Å². The number of hydrogen-bond acceptors (Lipinski definition) is 14. The Kier molecular flexibility index (Phi) is 17.1. The maximum absolute atomic E-state index is 14.3. The van der Waals surface area contributed by atoms with Crippen LogP contribution in [0.2, 0.25) is 5.02 Å². The van der Waals surface area contributed by atoms with E-state index in [2.05, 4.69) is 64.1 Å². The summed E-state index contributed by atoms with van der Waals surface area (Å²) in [6, 6.07) is 16.0. The van der Waals surface area contributed by atoms with Crippen LogP contribution >= 0.6 is 22.9 Å². The van der Waals surface area contributed by atoms with Gasteiger partial charge in [0.2, 0.25) is 17.7 Å². The van der Waals surface area contributed by atoms with Crippen LogP contribution in [-0.2, 0) is 14.4 Å². The Morgan fingerprint density at radius 2 is 1.61 bits per heavy atom. The number of aryl methyl sites for hydroxylation is 1. The van der Waals surface area contributed by atoms with Gasteiger partial charge in [0, 0.05) is 93.9 Å². The zero-order chi connectivity index (χ0) is 54.0. The van der Waals surface area contributed by atoms with Crippen molar-refractivity contribution in [2.24, 2.45) is 28.1 Å². The Bertz CT molecular complexity index is 2710. The van der Waals surface area contributed by atoms with Crippen LogP contribution in [0.5, 0.6) is 5.75 Å². The van der Waals surface area contributed by atoms with Gasteiger partial charge in [-0.15, -0.1) is 11.3 Å². The normalized spacial score (nSPS) is 22.9. The predicted octanol–water partition coefficient (Wildman–Crippen LogP) is 6.92. The summed E-state index contributed by atoms with van der Waals surface area (Å²) in [5, 5.41) is 36.6. The van der Waals surface area contributed by atoms with E-state index in [1.807, 2.05) is 64.1 Å². The largest absolute Gasteiger partial charge is 0.489 e. The number of likely N-dealkylation sites (tertiary alicyclic amines) is 1. The van der Waals surface area contributed by atoms with Crippen molar-refractivity contribution in [3.63, 3.8) is 0 Å². The highest BCUT2D eigenvalue weighted by Crippen LogP contribution is 2.62. The van der Waals surface area contributed by atoms with Crippen molar-refractivity contribution in [3.05, 3.63) is 93.7 Å². The number of amides is 3. The van der Waals surface area contributed by atoms with Gasteiger partial charge in [0.05, 0.1) is 52.0 Å². The molecule has 0 radical (unpaired) electrons. The molecule has 4 fully saturated rings. The second kappa shape index (κ2) is 23.0. The lowest BCUT2D eigenvalue weighted by Gasteiger charge is -2.63. The van der Waals surface area contributed by atoms with E-state index in [0.29, 0.717) is 52.9 Å². The van der Waals surface area contributed by atoms with E-state index in [1.165, 1.54) is 4.90 Å². The van der Waals surface area contributed by atoms with E-state index in [-0.39, 0.29) is 60.7 Å². The minimum absolute atomic E-state index is 0.0427. The summed E-state index contributed by atoms with van der Waals surface area (Å²) in [6.07, 6.45) is 3.13. The molecular weight excluding hydrogens is 990 g/mol. The monoisotopic (exact) mass is 1060 g/mol. The van der Waals surface area contributed by atoms with Crippen LogP contribution < -0.4 is 20.3 Å². The fourth-order valence-electron chi connectivity index (χ4n) is 12.2. The highest BCUT2D eigenvalue weighted by atomic mass is 35.5. The molecule has 16 nitrogen and oxygen atoms in total. The number of aliphatic hydroxyl groups is 2. The quantitative estimate of drug-likeness (QED) is 0.0795. The van der Waals surface area contributed by atoms with Crippen molar-refractivity contribution < 1.29 is 34.1 Å². The van der Waals surface area contributed by atoms with Gasteiger partial charge < -0.3 is 40.3 Å². The number of carbonyl (C=O) groups excluding carboxylic acids is 4. The molecule has 75 heavy (non-hydrogen) atoms. The first kappa shape index (κ1) is 55.7. The number of nitriles is 1. The van der Waals surface area contributed by atoms with Crippen molar-refractivity contribution >= 4 is 52.3 Å². The average Bonchev–Trinajstić information content (AvgIpc) is 4.03. The number of piperazine rings is 1. The first-order valence-electron chi connectivity index (χ1n) is 26.3. The highest BCUT2D eigenvalue weighted by Gasteiger charge is 2.63. The number of Topliss-reactive ketones (excluding diaryl/α,β-unsaturated/α-hetero) is 1. The van der Waals surface area contributed by atoms with Gasteiger partial charge in [-0.2, -0.15) is 5.26 Å². The van der Waals surface area contributed by atoms with Gasteiger partial charge in [-0.1, -0.05) is 84.3 Å². The zero-order valence-electron chi connectivity index (χ0n) is 44.6. The Morgan fingerprint density at radius 1 is 0.933 bits per heavy atom. The standard InChI is InChI=1S/C57H74ClN9O7S/c1-35-50(75-34-61-35)38-11-9-37(10-12-38)44(33-68)62-52(72)45-25-41(69)31-67(45)53(73)51(55(2,3)4)63-49(71)32-65-23-21-64(22-24-65)30-36-17-19-66(20-18-36)48-16-14-40(29-60-48)46(70)27-47-56(5,6)54(57(47,7)8)74-42-15-13-39(28-59)43(58)26-42/h9-16,26,29,34,36,41,44-45,47,51,54,68-69H,17-25,27,30-33H2,1-8H3,(H,62,72)(H,63,71)/t41-,44+,45+,47?,51-,54?/m1/s1. The maximum Gasteiger partial charge on any atom is 0.246 e. The van der Waals surface area contributed by atoms with Crippen LogP contribution in [-0.4, -0.2) is 148 Å². The summed E-state index contributed by atoms with van der Waals surface area (Å²) in [4.78, 5) is 73.9.